The molecule has 0 bridgehead atoms. The number of carbonyl (C=O) groups excluding carboxylic acids is 2. The van der Waals surface area contributed by atoms with Gasteiger partial charge in [0.25, 0.3) is 0 Å². The molecule has 0 aliphatic heterocycles. The number of rotatable bonds is 9. The van der Waals surface area contributed by atoms with Gasteiger partial charge < -0.3 is 19.9 Å². The Kier molecular flexibility index (Phi) is 8.77. The Morgan fingerprint density at radius 3 is 2.26 bits per heavy atom. The van der Waals surface area contributed by atoms with Crippen molar-refractivity contribution >= 4 is 41.1 Å². The van der Waals surface area contributed by atoms with Crippen molar-refractivity contribution < 1.29 is 24.3 Å². The summed E-state index contributed by atoms with van der Waals surface area (Å²) in [6.45, 7) is 3.95. The van der Waals surface area contributed by atoms with Crippen LogP contribution in [0.25, 0.3) is 0 Å². The molecule has 128 valence electrons. The van der Waals surface area contributed by atoms with Gasteiger partial charge in [-0.2, -0.15) is 0 Å². The highest BCUT2D eigenvalue weighted by Crippen LogP contribution is 2.30. The average molecular weight is 361 g/mol. The lowest BCUT2D eigenvalue weighted by molar-refractivity contribution is -0.140. The van der Waals surface area contributed by atoms with Crippen molar-refractivity contribution in [3.05, 3.63) is 17.3 Å². The molecule has 10 heteroatoms. The first-order chi connectivity index (χ1) is 11.0. The van der Waals surface area contributed by atoms with Gasteiger partial charge in [0.1, 0.15) is 5.03 Å². The Hall–Kier alpha value is -1.49. The summed E-state index contributed by atoms with van der Waals surface area (Å²) < 4.78 is 9.60. The highest BCUT2D eigenvalue weighted by atomic mass is 32.2. The van der Waals surface area contributed by atoms with Gasteiger partial charge in [0.15, 0.2) is 0 Å². The first-order valence-corrected chi connectivity index (χ1v) is 8.69. The minimum atomic E-state index is -0.454. The van der Waals surface area contributed by atoms with E-state index in [9.17, 15) is 14.8 Å². The number of thioether (sulfide) groups is 2. The summed E-state index contributed by atoms with van der Waals surface area (Å²) >= 11 is 2.10. The molecule has 8 nitrogen and oxygen atoms in total. The van der Waals surface area contributed by atoms with Gasteiger partial charge in [0.05, 0.1) is 35.4 Å². The summed E-state index contributed by atoms with van der Waals surface area (Å²) in [5, 5.41) is 20.5. The maximum Gasteiger partial charge on any atom is 0.316 e. The van der Waals surface area contributed by atoms with Crippen molar-refractivity contribution in [3.8, 4) is 0 Å². The van der Waals surface area contributed by atoms with Crippen LogP contribution in [0.5, 0.6) is 0 Å². The molecule has 0 radical (unpaired) electrons. The van der Waals surface area contributed by atoms with Gasteiger partial charge in [0.2, 0.25) is 0 Å². The number of hydrogen-bond acceptors (Lipinski definition) is 10. The molecular weight excluding hydrogens is 344 g/mol. The van der Waals surface area contributed by atoms with E-state index in [1.54, 1.807) is 13.8 Å². The zero-order valence-electron chi connectivity index (χ0n) is 12.7. The first kappa shape index (κ1) is 19.6. The third-order valence-electron chi connectivity index (χ3n) is 2.30. The van der Waals surface area contributed by atoms with E-state index >= 15 is 0 Å². The molecule has 23 heavy (non-hydrogen) atoms. The van der Waals surface area contributed by atoms with Gasteiger partial charge in [-0.15, -0.1) is 0 Å². The molecule has 0 atom stereocenters. The summed E-state index contributed by atoms with van der Waals surface area (Å²) in [6, 6.07) is 2.86. The van der Waals surface area contributed by atoms with Crippen LogP contribution in [0.2, 0.25) is 0 Å². The molecule has 0 aromatic carbocycles. The maximum atomic E-state index is 11.4. The maximum absolute atomic E-state index is 11.4. The largest absolute Gasteiger partial charge is 0.733 e. The van der Waals surface area contributed by atoms with E-state index in [4.69, 9.17) is 14.7 Å². The molecular formula is C13H17N2O6S2-. The molecule has 0 aliphatic carbocycles. The summed E-state index contributed by atoms with van der Waals surface area (Å²) in [7, 11) is 0. The number of aromatic nitrogens is 1. The van der Waals surface area contributed by atoms with Crippen LogP contribution in [0.3, 0.4) is 0 Å². The quantitative estimate of drug-likeness (QED) is 0.398. The number of hydrogen-bond donors (Lipinski definition) is 1. The molecule has 0 saturated carbocycles. The highest BCUT2D eigenvalue weighted by Gasteiger charge is 2.12. The second-order valence-electron chi connectivity index (χ2n) is 3.93. The van der Waals surface area contributed by atoms with Gasteiger partial charge in [-0.3, -0.25) is 14.8 Å². The monoisotopic (exact) mass is 361 g/mol. The van der Waals surface area contributed by atoms with Crippen molar-refractivity contribution in [1.29, 1.82) is 0 Å². The molecule has 1 N–H and O–H groups in total. The lowest BCUT2D eigenvalue weighted by Crippen LogP contribution is -2.11. The third kappa shape index (κ3) is 7.08. The van der Waals surface area contributed by atoms with Gasteiger partial charge in [-0.1, -0.05) is 23.5 Å². The Morgan fingerprint density at radius 1 is 1.17 bits per heavy atom. The molecule has 1 heterocycles. The van der Waals surface area contributed by atoms with E-state index in [1.165, 1.54) is 12.1 Å². The fraction of sp³-hybridized carbons (Fsp3) is 0.462. The van der Waals surface area contributed by atoms with Crippen LogP contribution >= 0.6 is 23.5 Å². The number of nitrogens with zero attached hydrogens (tertiary/aromatic N) is 2. The van der Waals surface area contributed by atoms with Crippen molar-refractivity contribution in [2.24, 2.45) is 0 Å². The van der Waals surface area contributed by atoms with Crippen LogP contribution in [-0.4, -0.2) is 46.8 Å². The van der Waals surface area contributed by atoms with E-state index in [-0.39, 0.29) is 40.0 Å². The van der Waals surface area contributed by atoms with Crippen LogP contribution in [0, 0.1) is 5.21 Å². The molecule has 0 aliphatic rings. The Balaban J connectivity index is 2.77. The molecule has 1 aromatic rings. The minimum absolute atomic E-state index is 0.0479. The SMILES string of the molecule is CCOC(=O)CSc1ccc(N([O-])O)c(SCC(=O)OCC)n1. The smallest absolute Gasteiger partial charge is 0.316 e. The summed E-state index contributed by atoms with van der Waals surface area (Å²) in [5.41, 5.74) is -0.0835. The van der Waals surface area contributed by atoms with Crippen LogP contribution in [0.1, 0.15) is 13.8 Å². The molecule has 0 amide bonds. The zero-order valence-corrected chi connectivity index (χ0v) is 14.3. The van der Waals surface area contributed by atoms with Crippen LogP contribution < -0.4 is 5.23 Å². The first-order valence-electron chi connectivity index (χ1n) is 6.71. The topological polar surface area (TPSA) is 112 Å². The van der Waals surface area contributed by atoms with Crippen molar-refractivity contribution in [1.82, 2.24) is 4.98 Å². The van der Waals surface area contributed by atoms with Gasteiger partial charge in [-0.05, 0) is 26.0 Å². The fourth-order valence-corrected chi connectivity index (χ4v) is 2.94. The van der Waals surface area contributed by atoms with E-state index in [0.29, 0.717) is 11.6 Å². The van der Waals surface area contributed by atoms with Gasteiger partial charge in [0, 0.05) is 0 Å². The van der Waals surface area contributed by atoms with Crippen molar-refractivity contribution in [2.75, 3.05) is 29.9 Å². The number of ether oxygens (including phenoxy) is 2. The second kappa shape index (κ2) is 10.3. The third-order valence-corrected chi connectivity index (χ3v) is 4.15. The zero-order chi connectivity index (χ0) is 17.2. The van der Waals surface area contributed by atoms with Gasteiger partial charge >= 0.3 is 11.9 Å². The van der Waals surface area contributed by atoms with Crippen LogP contribution in [-0.2, 0) is 19.1 Å². The van der Waals surface area contributed by atoms with E-state index in [0.717, 1.165) is 23.5 Å². The number of anilines is 1. The predicted molar refractivity (Wildman–Crippen MR) is 86.6 cm³/mol. The summed E-state index contributed by atoms with van der Waals surface area (Å²) in [5.74, 6) is -0.808. The number of pyridine rings is 1. The fourth-order valence-electron chi connectivity index (χ4n) is 1.41. The number of carbonyl (C=O) groups is 2. The van der Waals surface area contributed by atoms with Crippen LogP contribution in [0.4, 0.5) is 5.69 Å². The Labute approximate surface area is 142 Å². The standard InChI is InChI=1S/C13H17N2O6S2/c1-3-20-11(16)7-22-10-6-5-9(15(18)19)13(14-10)23-8-12(17)21-4-2/h5-6,18H,3-4,7-8H2,1-2H3/q-1. The normalized spacial score (nSPS) is 10.3. The predicted octanol–water partition coefficient (Wildman–Crippen LogP) is 2.09. The molecule has 0 fully saturated rings. The Morgan fingerprint density at radius 2 is 1.74 bits per heavy atom. The van der Waals surface area contributed by atoms with E-state index < -0.39 is 5.97 Å². The lowest BCUT2D eigenvalue weighted by atomic mass is 10.4. The second-order valence-corrected chi connectivity index (χ2v) is 5.89. The summed E-state index contributed by atoms with van der Waals surface area (Å²) in [4.78, 5) is 26.9. The van der Waals surface area contributed by atoms with Crippen molar-refractivity contribution in [3.63, 3.8) is 0 Å². The van der Waals surface area contributed by atoms with Crippen molar-refractivity contribution in [2.45, 2.75) is 23.9 Å². The lowest BCUT2D eigenvalue weighted by Gasteiger charge is -2.23. The molecule has 0 saturated heterocycles. The minimum Gasteiger partial charge on any atom is -0.733 e. The Bertz CT molecular complexity index is 541. The highest BCUT2D eigenvalue weighted by molar-refractivity contribution is 8.00. The summed E-state index contributed by atoms with van der Waals surface area (Å²) in [6.07, 6.45) is 0. The average Bonchev–Trinajstić information content (AvgIpc) is 2.51. The van der Waals surface area contributed by atoms with E-state index in [1.807, 2.05) is 0 Å². The molecule has 1 aromatic heterocycles. The number of esters is 2. The van der Waals surface area contributed by atoms with Gasteiger partial charge in [-0.25, -0.2) is 4.98 Å². The molecule has 0 unspecified atom stereocenters. The molecule has 1 rings (SSSR count). The van der Waals surface area contributed by atoms with E-state index in [2.05, 4.69) is 4.98 Å². The molecule has 0 spiro atoms. The van der Waals surface area contributed by atoms with Crippen LogP contribution in [0.15, 0.2) is 22.2 Å².